The van der Waals surface area contributed by atoms with Crippen LogP contribution in [0.3, 0.4) is 0 Å². The van der Waals surface area contributed by atoms with Gasteiger partial charge >= 0.3 is 11.7 Å². The van der Waals surface area contributed by atoms with Gasteiger partial charge in [-0.05, 0) is 24.6 Å². The number of carbonyl (C=O) groups excluding carboxylic acids is 2. The van der Waals surface area contributed by atoms with Gasteiger partial charge in [0, 0.05) is 12.3 Å². The van der Waals surface area contributed by atoms with Gasteiger partial charge in [-0.15, -0.1) is 0 Å². The maximum atomic E-state index is 11.8. The van der Waals surface area contributed by atoms with Gasteiger partial charge in [0.25, 0.3) is 11.5 Å². The number of nitrogens with one attached hydrogen (secondary N) is 2. The fraction of sp³-hybridized carbons (Fsp3) is 0.200. The zero-order valence-corrected chi connectivity index (χ0v) is 13.4. The molecule has 0 unspecified atom stereocenters. The molecule has 9 heteroatoms. The topological polar surface area (TPSA) is 110 Å². The number of aromatic amines is 1. The Labute approximate surface area is 141 Å². The molecule has 1 aromatic heterocycles. The average Bonchev–Trinajstić information content (AvgIpc) is 2.51. The summed E-state index contributed by atoms with van der Waals surface area (Å²) in [5, 5.41) is 2.88. The van der Waals surface area contributed by atoms with E-state index in [1.165, 1.54) is 0 Å². The first-order chi connectivity index (χ1) is 11.3. The predicted octanol–water partition coefficient (Wildman–Crippen LogP) is 0.680. The number of halogens is 1. The Morgan fingerprint density at radius 1 is 1.29 bits per heavy atom. The summed E-state index contributed by atoms with van der Waals surface area (Å²) in [4.78, 5) is 47.7. The lowest BCUT2D eigenvalue weighted by Gasteiger charge is -2.09. The second-order valence-corrected chi connectivity index (χ2v) is 5.34. The maximum Gasteiger partial charge on any atom is 0.328 e. The van der Waals surface area contributed by atoms with Crippen molar-refractivity contribution in [3.05, 3.63) is 61.9 Å². The zero-order chi connectivity index (χ0) is 17.7. The van der Waals surface area contributed by atoms with Crippen LogP contribution in [0.4, 0.5) is 5.69 Å². The van der Waals surface area contributed by atoms with Gasteiger partial charge in [0.1, 0.15) is 6.54 Å². The van der Waals surface area contributed by atoms with E-state index in [-0.39, 0.29) is 0 Å². The van der Waals surface area contributed by atoms with Crippen LogP contribution in [0.1, 0.15) is 5.56 Å². The highest BCUT2D eigenvalue weighted by Gasteiger charge is 2.11. The van der Waals surface area contributed by atoms with Crippen molar-refractivity contribution in [2.45, 2.75) is 13.5 Å². The summed E-state index contributed by atoms with van der Waals surface area (Å²) in [6.45, 7) is 0.910. The van der Waals surface area contributed by atoms with E-state index >= 15 is 0 Å². The monoisotopic (exact) mass is 351 g/mol. The second-order valence-electron chi connectivity index (χ2n) is 4.93. The summed E-state index contributed by atoms with van der Waals surface area (Å²) < 4.78 is 5.74. The highest BCUT2D eigenvalue weighted by molar-refractivity contribution is 6.33. The predicted molar refractivity (Wildman–Crippen MR) is 87.1 cm³/mol. The molecule has 0 bridgehead atoms. The molecule has 2 aromatic rings. The van der Waals surface area contributed by atoms with Crippen molar-refractivity contribution in [1.82, 2.24) is 9.55 Å². The van der Waals surface area contributed by atoms with E-state index in [0.29, 0.717) is 10.7 Å². The van der Waals surface area contributed by atoms with Gasteiger partial charge in [-0.2, -0.15) is 0 Å². The first-order valence-electron chi connectivity index (χ1n) is 6.86. The summed E-state index contributed by atoms with van der Waals surface area (Å²) in [7, 11) is 0. The smallest absolute Gasteiger partial charge is 0.328 e. The van der Waals surface area contributed by atoms with E-state index in [1.807, 2.05) is 11.9 Å². The third-order valence-electron chi connectivity index (χ3n) is 2.96. The molecule has 0 radical (unpaired) electrons. The molecule has 0 atom stereocenters. The number of benzene rings is 1. The molecule has 0 aliphatic carbocycles. The number of amides is 1. The van der Waals surface area contributed by atoms with Crippen molar-refractivity contribution < 1.29 is 14.3 Å². The number of hydrogen-bond donors (Lipinski definition) is 2. The van der Waals surface area contributed by atoms with Crippen LogP contribution in [-0.4, -0.2) is 28.0 Å². The lowest BCUT2D eigenvalue weighted by Crippen LogP contribution is -2.32. The normalized spacial score (nSPS) is 10.2. The number of carbonyl (C=O) groups is 2. The van der Waals surface area contributed by atoms with Crippen LogP contribution in [0, 0.1) is 6.92 Å². The number of esters is 1. The minimum atomic E-state index is -0.797. The van der Waals surface area contributed by atoms with E-state index in [2.05, 4.69) is 5.32 Å². The molecule has 2 N–H and O–H groups in total. The van der Waals surface area contributed by atoms with Crippen LogP contribution < -0.4 is 16.6 Å². The van der Waals surface area contributed by atoms with Gasteiger partial charge in [0.05, 0.1) is 10.7 Å². The number of anilines is 1. The molecule has 0 aliphatic heterocycles. The van der Waals surface area contributed by atoms with Crippen LogP contribution in [-0.2, 0) is 20.9 Å². The standard InChI is InChI=1S/C15H14ClN3O5/c1-9-2-3-11(10(16)6-9)17-13(21)8-24-14(22)7-19-5-4-12(20)18-15(19)23/h2-6H,7-8H2,1H3,(H,17,21)(H,18,20,23). The zero-order valence-electron chi connectivity index (χ0n) is 12.7. The summed E-state index contributed by atoms with van der Waals surface area (Å²) in [5.74, 6) is -1.36. The van der Waals surface area contributed by atoms with Crippen LogP contribution in [0.25, 0.3) is 0 Å². The Balaban J connectivity index is 1.88. The third-order valence-corrected chi connectivity index (χ3v) is 3.27. The molecule has 0 fully saturated rings. The lowest BCUT2D eigenvalue weighted by molar-refractivity contribution is -0.148. The van der Waals surface area contributed by atoms with Gasteiger partial charge < -0.3 is 10.1 Å². The van der Waals surface area contributed by atoms with Crippen molar-refractivity contribution in [3.8, 4) is 0 Å². The molecule has 8 nitrogen and oxygen atoms in total. The minimum Gasteiger partial charge on any atom is -0.454 e. The molecular formula is C15H14ClN3O5. The van der Waals surface area contributed by atoms with Crippen molar-refractivity contribution in [2.24, 2.45) is 0 Å². The van der Waals surface area contributed by atoms with Gasteiger partial charge in [-0.25, -0.2) is 4.79 Å². The van der Waals surface area contributed by atoms with Crippen LogP contribution in [0.5, 0.6) is 0 Å². The highest BCUT2D eigenvalue weighted by Crippen LogP contribution is 2.22. The summed E-state index contributed by atoms with van der Waals surface area (Å²) in [5.41, 5.74) is 0.0326. The molecule has 1 amide bonds. The molecule has 2 rings (SSSR count). The van der Waals surface area contributed by atoms with Crippen LogP contribution >= 0.6 is 11.6 Å². The van der Waals surface area contributed by atoms with Gasteiger partial charge in [-0.1, -0.05) is 17.7 Å². The summed E-state index contributed by atoms with van der Waals surface area (Å²) in [6.07, 6.45) is 1.16. The van der Waals surface area contributed by atoms with E-state index in [9.17, 15) is 19.2 Å². The van der Waals surface area contributed by atoms with Gasteiger partial charge in [0.15, 0.2) is 6.61 Å². The molecule has 0 spiro atoms. The Morgan fingerprint density at radius 2 is 2.04 bits per heavy atom. The Kier molecular flexibility index (Phi) is 5.54. The molecule has 126 valence electrons. The fourth-order valence-corrected chi connectivity index (χ4v) is 2.09. The Bertz CT molecular complexity index is 887. The molecule has 1 aromatic carbocycles. The van der Waals surface area contributed by atoms with Crippen LogP contribution in [0.2, 0.25) is 5.02 Å². The molecule has 0 saturated heterocycles. The van der Waals surface area contributed by atoms with E-state index in [4.69, 9.17) is 16.3 Å². The Morgan fingerprint density at radius 3 is 2.71 bits per heavy atom. The second kappa shape index (κ2) is 7.60. The number of hydrogen-bond acceptors (Lipinski definition) is 5. The molecule has 0 saturated carbocycles. The van der Waals surface area contributed by atoms with E-state index in [1.54, 1.807) is 18.2 Å². The van der Waals surface area contributed by atoms with Crippen molar-refractivity contribution in [2.75, 3.05) is 11.9 Å². The highest BCUT2D eigenvalue weighted by atomic mass is 35.5. The first-order valence-corrected chi connectivity index (χ1v) is 7.24. The lowest BCUT2D eigenvalue weighted by atomic mass is 10.2. The number of rotatable bonds is 5. The van der Waals surface area contributed by atoms with Crippen LogP contribution in [0.15, 0.2) is 40.1 Å². The van der Waals surface area contributed by atoms with E-state index in [0.717, 1.165) is 22.4 Å². The number of aromatic nitrogens is 2. The molecule has 0 aliphatic rings. The van der Waals surface area contributed by atoms with Crippen molar-refractivity contribution >= 4 is 29.2 Å². The Hall–Kier alpha value is -2.87. The SMILES string of the molecule is Cc1ccc(NC(=O)COC(=O)Cn2ccc(=O)[nH]c2=O)c(Cl)c1. The molecule has 24 heavy (non-hydrogen) atoms. The van der Waals surface area contributed by atoms with Gasteiger partial charge in [0.2, 0.25) is 0 Å². The van der Waals surface area contributed by atoms with E-state index < -0.39 is 36.3 Å². The largest absolute Gasteiger partial charge is 0.454 e. The molecule has 1 heterocycles. The summed E-state index contributed by atoms with van der Waals surface area (Å²) >= 11 is 5.98. The van der Waals surface area contributed by atoms with Crippen molar-refractivity contribution in [1.29, 1.82) is 0 Å². The summed E-state index contributed by atoms with van der Waals surface area (Å²) in [6, 6.07) is 6.19. The van der Waals surface area contributed by atoms with Gasteiger partial charge in [-0.3, -0.25) is 23.9 Å². The minimum absolute atomic E-state index is 0.370. The quantitative estimate of drug-likeness (QED) is 0.770. The number of H-pyrrole nitrogens is 1. The first kappa shape index (κ1) is 17.5. The van der Waals surface area contributed by atoms with Crippen molar-refractivity contribution in [3.63, 3.8) is 0 Å². The average molecular weight is 352 g/mol. The number of ether oxygens (including phenoxy) is 1. The fourth-order valence-electron chi connectivity index (χ4n) is 1.81. The third kappa shape index (κ3) is 4.82. The maximum absolute atomic E-state index is 11.8. The number of aryl methyl sites for hydroxylation is 1. The number of nitrogens with zero attached hydrogens (tertiary/aromatic N) is 1. The molecular weight excluding hydrogens is 338 g/mol.